The molecule has 1 aliphatic rings. The third-order valence-corrected chi connectivity index (χ3v) is 2.77. The zero-order valence-corrected chi connectivity index (χ0v) is 9.35. The summed E-state index contributed by atoms with van der Waals surface area (Å²) in [5.41, 5.74) is 2.76. The lowest BCUT2D eigenvalue weighted by molar-refractivity contribution is 0.0677. The van der Waals surface area contributed by atoms with E-state index in [1.807, 2.05) is 6.92 Å². The molecule has 2 heterocycles. The number of hydrogen-bond donors (Lipinski definition) is 3. The van der Waals surface area contributed by atoms with E-state index in [1.54, 1.807) is 12.4 Å². The van der Waals surface area contributed by atoms with Crippen LogP contribution in [0.4, 0.5) is 5.82 Å². The summed E-state index contributed by atoms with van der Waals surface area (Å²) in [6.45, 7) is 4.16. The normalized spacial score (nSPS) is 25.9. The number of rotatable bonds is 3. The third kappa shape index (κ3) is 2.66. The zero-order valence-electron chi connectivity index (χ0n) is 9.35. The van der Waals surface area contributed by atoms with Crippen LogP contribution in [0, 0.1) is 0 Å². The number of anilines is 1. The molecule has 16 heavy (non-hydrogen) atoms. The number of hydrazine groups is 1. The molecular weight excluding hydrogens is 206 g/mol. The first-order chi connectivity index (χ1) is 7.59. The Bertz CT molecular complexity index is 351. The zero-order chi connectivity index (χ0) is 11.6. The number of aliphatic hydroxyl groups is 1. The van der Waals surface area contributed by atoms with E-state index < -0.39 is 5.60 Å². The van der Waals surface area contributed by atoms with Crippen LogP contribution in [-0.2, 0) is 6.54 Å². The molecule has 6 nitrogen and oxygen atoms in total. The average Bonchev–Trinajstić information content (AvgIpc) is 2.59. The van der Waals surface area contributed by atoms with Gasteiger partial charge in [-0.05, 0) is 13.3 Å². The van der Waals surface area contributed by atoms with Crippen LogP contribution < -0.4 is 11.3 Å². The summed E-state index contributed by atoms with van der Waals surface area (Å²) in [5.74, 6) is 5.76. The van der Waals surface area contributed by atoms with Crippen molar-refractivity contribution in [2.45, 2.75) is 25.5 Å². The molecule has 1 saturated heterocycles. The van der Waals surface area contributed by atoms with Crippen molar-refractivity contribution in [1.82, 2.24) is 14.9 Å². The van der Waals surface area contributed by atoms with Crippen LogP contribution in [0.25, 0.3) is 0 Å². The van der Waals surface area contributed by atoms with Gasteiger partial charge in [0.25, 0.3) is 0 Å². The van der Waals surface area contributed by atoms with Gasteiger partial charge in [0.15, 0.2) is 5.82 Å². The van der Waals surface area contributed by atoms with E-state index in [0.29, 0.717) is 18.9 Å². The minimum atomic E-state index is -0.563. The number of β-amino-alcohol motifs (C(OH)–C–C–N with tert-alkyl or cyclic N) is 1. The van der Waals surface area contributed by atoms with Gasteiger partial charge < -0.3 is 10.5 Å². The van der Waals surface area contributed by atoms with Crippen LogP contribution in [0.1, 0.15) is 19.0 Å². The van der Waals surface area contributed by atoms with Crippen molar-refractivity contribution in [1.29, 1.82) is 0 Å². The summed E-state index contributed by atoms with van der Waals surface area (Å²) in [6, 6.07) is 0. The van der Waals surface area contributed by atoms with Gasteiger partial charge >= 0.3 is 0 Å². The van der Waals surface area contributed by atoms with E-state index >= 15 is 0 Å². The Balaban J connectivity index is 1.94. The molecule has 0 aliphatic carbocycles. The van der Waals surface area contributed by atoms with Gasteiger partial charge in [0.1, 0.15) is 0 Å². The van der Waals surface area contributed by atoms with Crippen molar-refractivity contribution >= 4 is 5.82 Å². The summed E-state index contributed by atoms with van der Waals surface area (Å²) < 4.78 is 0. The molecule has 1 fully saturated rings. The highest BCUT2D eigenvalue weighted by Crippen LogP contribution is 2.21. The van der Waals surface area contributed by atoms with Gasteiger partial charge in [-0.15, -0.1) is 0 Å². The number of aromatic nitrogens is 2. The lowest BCUT2D eigenvalue weighted by atomic mass is 10.1. The van der Waals surface area contributed by atoms with E-state index in [0.717, 1.165) is 18.7 Å². The van der Waals surface area contributed by atoms with Gasteiger partial charge in [-0.3, -0.25) is 9.88 Å². The second-order valence-corrected chi connectivity index (χ2v) is 4.49. The molecule has 1 aromatic rings. The fourth-order valence-corrected chi connectivity index (χ4v) is 1.91. The lowest BCUT2D eigenvalue weighted by Gasteiger charge is -2.18. The monoisotopic (exact) mass is 223 g/mol. The van der Waals surface area contributed by atoms with Crippen molar-refractivity contribution in [2.24, 2.45) is 5.84 Å². The maximum Gasteiger partial charge on any atom is 0.158 e. The Morgan fingerprint density at radius 3 is 2.88 bits per heavy atom. The van der Waals surface area contributed by atoms with Crippen molar-refractivity contribution in [3.8, 4) is 0 Å². The largest absolute Gasteiger partial charge is 0.389 e. The summed E-state index contributed by atoms with van der Waals surface area (Å²) in [6.07, 6.45) is 4.11. The highest BCUT2D eigenvalue weighted by atomic mass is 16.3. The molecule has 4 N–H and O–H groups in total. The molecule has 6 heteroatoms. The first-order valence-electron chi connectivity index (χ1n) is 5.31. The summed E-state index contributed by atoms with van der Waals surface area (Å²) in [5, 5.41) is 9.82. The molecule has 0 aromatic carbocycles. The Labute approximate surface area is 94.5 Å². The molecule has 0 spiro atoms. The standard InChI is InChI=1S/C10H17N5O/c1-10(16)2-3-15(7-10)6-8-4-13-9(14-11)5-12-8/h4-5,16H,2-3,6-7,11H2,1H3,(H,13,14). The molecule has 2 rings (SSSR count). The van der Waals surface area contributed by atoms with E-state index in [4.69, 9.17) is 5.84 Å². The first kappa shape index (κ1) is 11.3. The second kappa shape index (κ2) is 4.32. The summed E-state index contributed by atoms with van der Waals surface area (Å²) in [4.78, 5) is 10.5. The quantitative estimate of drug-likeness (QED) is 0.482. The smallest absolute Gasteiger partial charge is 0.158 e. The Morgan fingerprint density at radius 1 is 1.56 bits per heavy atom. The van der Waals surface area contributed by atoms with Crippen molar-refractivity contribution in [3.63, 3.8) is 0 Å². The molecule has 0 saturated carbocycles. The topological polar surface area (TPSA) is 87.3 Å². The van der Waals surface area contributed by atoms with Gasteiger partial charge in [-0.25, -0.2) is 10.8 Å². The maximum absolute atomic E-state index is 9.82. The number of nitrogen functional groups attached to an aromatic ring is 1. The van der Waals surface area contributed by atoms with Gasteiger partial charge in [0.2, 0.25) is 0 Å². The maximum atomic E-state index is 9.82. The summed E-state index contributed by atoms with van der Waals surface area (Å²) in [7, 11) is 0. The molecule has 88 valence electrons. The van der Waals surface area contributed by atoms with Crippen LogP contribution in [0.5, 0.6) is 0 Å². The van der Waals surface area contributed by atoms with E-state index in [-0.39, 0.29) is 0 Å². The second-order valence-electron chi connectivity index (χ2n) is 4.49. The number of nitrogens with one attached hydrogen (secondary N) is 1. The SMILES string of the molecule is CC1(O)CCN(Cc2cnc(NN)cn2)C1. The minimum Gasteiger partial charge on any atom is -0.389 e. The fraction of sp³-hybridized carbons (Fsp3) is 0.600. The average molecular weight is 223 g/mol. The highest BCUT2D eigenvalue weighted by molar-refractivity contribution is 5.28. The van der Waals surface area contributed by atoms with Crippen molar-refractivity contribution in [3.05, 3.63) is 18.1 Å². The number of nitrogens with zero attached hydrogens (tertiary/aromatic N) is 3. The Kier molecular flexibility index (Phi) is 3.04. The molecule has 0 amide bonds. The van der Waals surface area contributed by atoms with Crippen molar-refractivity contribution < 1.29 is 5.11 Å². The number of nitrogens with two attached hydrogens (primary N) is 1. The molecule has 1 aromatic heterocycles. The van der Waals surface area contributed by atoms with E-state index in [1.165, 1.54) is 0 Å². The van der Waals surface area contributed by atoms with Crippen LogP contribution in [0.3, 0.4) is 0 Å². The van der Waals surface area contributed by atoms with Gasteiger partial charge in [0, 0.05) is 19.6 Å². The first-order valence-corrected chi connectivity index (χ1v) is 5.31. The van der Waals surface area contributed by atoms with Crippen LogP contribution in [0.2, 0.25) is 0 Å². The van der Waals surface area contributed by atoms with Gasteiger partial charge in [0.05, 0.1) is 23.7 Å². The van der Waals surface area contributed by atoms with Gasteiger partial charge in [-0.1, -0.05) is 0 Å². The molecule has 0 bridgehead atoms. The van der Waals surface area contributed by atoms with Crippen LogP contribution >= 0.6 is 0 Å². The number of hydrogen-bond acceptors (Lipinski definition) is 6. The lowest BCUT2D eigenvalue weighted by Crippen LogP contribution is -2.29. The van der Waals surface area contributed by atoms with Crippen LogP contribution in [0.15, 0.2) is 12.4 Å². The summed E-state index contributed by atoms with van der Waals surface area (Å²) >= 11 is 0. The predicted molar refractivity (Wildman–Crippen MR) is 60.4 cm³/mol. The molecule has 1 aliphatic heterocycles. The third-order valence-electron chi connectivity index (χ3n) is 2.77. The highest BCUT2D eigenvalue weighted by Gasteiger charge is 2.31. The minimum absolute atomic E-state index is 0.553. The van der Waals surface area contributed by atoms with Gasteiger partial charge in [-0.2, -0.15) is 0 Å². The predicted octanol–water partition coefficient (Wildman–Crippen LogP) is -0.281. The molecule has 1 unspecified atom stereocenters. The Hall–Kier alpha value is -1.24. The van der Waals surface area contributed by atoms with E-state index in [9.17, 15) is 5.11 Å². The van der Waals surface area contributed by atoms with E-state index in [2.05, 4.69) is 20.3 Å². The van der Waals surface area contributed by atoms with Crippen molar-refractivity contribution in [2.75, 3.05) is 18.5 Å². The fourth-order valence-electron chi connectivity index (χ4n) is 1.91. The number of likely N-dealkylation sites (tertiary alicyclic amines) is 1. The molecular formula is C10H17N5O. The van der Waals surface area contributed by atoms with Crippen LogP contribution in [-0.4, -0.2) is 38.7 Å². The molecule has 1 atom stereocenters. The Morgan fingerprint density at radius 2 is 2.38 bits per heavy atom. The molecule has 0 radical (unpaired) electrons.